The Bertz CT molecular complexity index is 534. The summed E-state index contributed by atoms with van der Waals surface area (Å²) in [6.07, 6.45) is 1.91. The maximum Gasteiger partial charge on any atom is 0.251 e. The number of hydrogen-bond acceptors (Lipinski definition) is 1. The van der Waals surface area contributed by atoms with E-state index in [0.717, 1.165) is 12.8 Å². The molecule has 0 saturated carbocycles. The third kappa shape index (κ3) is 3.95. The van der Waals surface area contributed by atoms with Crippen molar-refractivity contribution >= 4 is 5.91 Å². The fourth-order valence-corrected chi connectivity index (χ4v) is 2.02. The number of aryl methyl sites for hydroxylation is 1. The van der Waals surface area contributed by atoms with Gasteiger partial charge >= 0.3 is 0 Å². The Morgan fingerprint density at radius 3 is 2.47 bits per heavy atom. The largest absolute Gasteiger partial charge is 0.352 e. The van der Waals surface area contributed by atoms with E-state index in [9.17, 15) is 4.79 Å². The molecule has 0 radical (unpaired) electrons. The van der Waals surface area contributed by atoms with Crippen LogP contribution in [0.15, 0.2) is 54.6 Å². The highest BCUT2D eigenvalue weighted by Gasteiger charge is 2.03. The summed E-state index contributed by atoms with van der Waals surface area (Å²) in [7, 11) is 0. The Morgan fingerprint density at radius 2 is 1.74 bits per heavy atom. The molecule has 0 fully saturated rings. The topological polar surface area (TPSA) is 29.1 Å². The van der Waals surface area contributed by atoms with Crippen LogP contribution in [0.2, 0.25) is 0 Å². The van der Waals surface area contributed by atoms with Gasteiger partial charge in [-0.05, 0) is 36.1 Å². The molecule has 0 aliphatic heterocycles. The van der Waals surface area contributed by atoms with Gasteiger partial charge in [-0.25, -0.2) is 0 Å². The van der Waals surface area contributed by atoms with Crippen LogP contribution in [-0.2, 0) is 12.8 Å². The smallest absolute Gasteiger partial charge is 0.251 e. The molecule has 2 nitrogen and oxygen atoms in total. The molecule has 0 aliphatic carbocycles. The van der Waals surface area contributed by atoms with Gasteiger partial charge in [0.05, 0.1) is 0 Å². The van der Waals surface area contributed by atoms with E-state index in [1.54, 1.807) is 0 Å². The van der Waals surface area contributed by atoms with Gasteiger partial charge in [-0.1, -0.05) is 49.4 Å². The summed E-state index contributed by atoms with van der Waals surface area (Å²) in [5, 5.41) is 2.95. The van der Waals surface area contributed by atoms with Crippen molar-refractivity contribution in [1.82, 2.24) is 5.32 Å². The molecule has 0 atom stereocenters. The normalized spacial score (nSPS) is 10.2. The van der Waals surface area contributed by atoms with E-state index in [1.807, 2.05) is 30.3 Å². The van der Waals surface area contributed by atoms with Crippen molar-refractivity contribution in [2.24, 2.45) is 0 Å². The van der Waals surface area contributed by atoms with Crippen LogP contribution in [0.5, 0.6) is 0 Å². The van der Waals surface area contributed by atoms with Gasteiger partial charge in [0, 0.05) is 12.1 Å². The van der Waals surface area contributed by atoms with Crippen LogP contribution in [0.25, 0.3) is 0 Å². The average molecular weight is 253 g/mol. The van der Waals surface area contributed by atoms with Crippen molar-refractivity contribution < 1.29 is 4.79 Å². The summed E-state index contributed by atoms with van der Waals surface area (Å²) < 4.78 is 0. The number of rotatable bonds is 5. The molecule has 2 heteroatoms. The van der Waals surface area contributed by atoms with Crippen LogP contribution in [0, 0.1) is 0 Å². The Labute approximate surface area is 114 Å². The highest BCUT2D eigenvalue weighted by molar-refractivity contribution is 5.94. The number of hydrogen-bond donors (Lipinski definition) is 1. The number of carbonyl (C=O) groups excluding carboxylic acids is 1. The molecular weight excluding hydrogens is 234 g/mol. The van der Waals surface area contributed by atoms with E-state index >= 15 is 0 Å². The lowest BCUT2D eigenvalue weighted by Crippen LogP contribution is -2.25. The molecule has 19 heavy (non-hydrogen) atoms. The summed E-state index contributed by atoms with van der Waals surface area (Å²) in [5.41, 5.74) is 3.32. The first kappa shape index (κ1) is 13.3. The van der Waals surface area contributed by atoms with Gasteiger partial charge in [0.25, 0.3) is 5.91 Å². The van der Waals surface area contributed by atoms with Crippen LogP contribution >= 0.6 is 0 Å². The first-order chi connectivity index (χ1) is 9.29. The predicted molar refractivity (Wildman–Crippen MR) is 78.3 cm³/mol. The minimum atomic E-state index is -0.00718. The lowest BCUT2D eigenvalue weighted by Gasteiger charge is -2.06. The zero-order valence-electron chi connectivity index (χ0n) is 11.2. The van der Waals surface area contributed by atoms with Gasteiger partial charge in [0.15, 0.2) is 0 Å². The lowest BCUT2D eigenvalue weighted by molar-refractivity contribution is 0.0954. The van der Waals surface area contributed by atoms with Crippen LogP contribution in [0.1, 0.15) is 28.4 Å². The van der Waals surface area contributed by atoms with Crippen molar-refractivity contribution in [2.45, 2.75) is 19.8 Å². The van der Waals surface area contributed by atoms with Gasteiger partial charge < -0.3 is 5.32 Å². The molecule has 0 spiro atoms. The fourth-order valence-electron chi connectivity index (χ4n) is 2.02. The number of carbonyl (C=O) groups is 1. The average Bonchev–Trinajstić information content (AvgIpc) is 2.48. The molecule has 98 valence electrons. The minimum absolute atomic E-state index is 0.00718. The highest BCUT2D eigenvalue weighted by atomic mass is 16.1. The molecule has 1 amide bonds. The van der Waals surface area contributed by atoms with Crippen molar-refractivity contribution in [1.29, 1.82) is 0 Å². The van der Waals surface area contributed by atoms with Crippen LogP contribution in [0.3, 0.4) is 0 Å². The first-order valence-corrected chi connectivity index (χ1v) is 6.70. The Balaban J connectivity index is 1.85. The zero-order valence-corrected chi connectivity index (χ0v) is 11.2. The highest BCUT2D eigenvalue weighted by Crippen LogP contribution is 2.06. The SMILES string of the molecule is CCc1cccc(CCNC(=O)c2ccccc2)c1. The maximum absolute atomic E-state index is 11.8. The molecular formula is C17H19NO. The molecule has 0 aliphatic rings. The second-order valence-electron chi connectivity index (χ2n) is 4.55. The van der Waals surface area contributed by atoms with Crippen LogP contribution in [0.4, 0.5) is 0 Å². The summed E-state index contributed by atoms with van der Waals surface area (Å²) in [5.74, 6) is -0.00718. The van der Waals surface area contributed by atoms with Gasteiger partial charge in [0.1, 0.15) is 0 Å². The fraction of sp³-hybridized carbons (Fsp3) is 0.235. The first-order valence-electron chi connectivity index (χ1n) is 6.70. The Morgan fingerprint density at radius 1 is 1.00 bits per heavy atom. The molecule has 0 saturated heterocycles. The zero-order chi connectivity index (χ0) is 13.5. The summed E-state index contributed by atoms with van der Waals surface area (Å²) >= 11 is 0. The van der Waals surface area contributed by atoms with E-state index in [2.05, 4.69) is 36.5 Å². The van der Waals surface area contributed by atoms with Crippen molar-refractivity contribution in [3.8, 4) is 0 Å². The summed E-state index contributed by atoms with van der Waals surface area (Å²) in [4.78, 5) is 11.8. The molecule has 1 N–H and O–H groups in total. The monoisotopic (exact) mass is 253 g/mol. The van der Waals surface area contributed by atoms with E-state index < -0.39 is 0 Å². The van der Waals surface area contributed by atoms with Gasteiger partial charge in [-0.2, -0.15) is 0 Å². The molecule has 0 heterocycles. The van der Waals surface area contributed by atoms with Gasteiger partial charge in [0.2, 0.25) is 0 Å². The van der Waals surface area contributed by atoms with E-state index in [4.69, 9.17) is 0 Å². The van der Waals surface area contributed by atoms with Crippen molar-refractivity contribution in [2.75, 3.05) is 6.54 Å². The standard InChI is InChI=1S/C17H19NO/c1-2-14-7-6-8-15(13-14)11-12-18-17(19)16-9-4-3-5-10-16/h3-10,13H,2,11-12H2,1H3,(H,18,19). The second kappa shape index (κ2) is 6.74. The van der Waals surface area contributed by atoms with Crippen LogP contribution in [-0.4, -0.2) is 12.5 Å². The quantitative estimate of drug-likeness (QED) is 0.871. The van der Waals surface area contributed by atoms with E-state index in [1.165, 1.54) is 11.1 Å². The molecule has 0 bridgehead atoms. The molecule has 2 aromatic rings. The number of nitrogens with one attached hydrogen (secondary N) is 1. The molecule has 2 rings (SSSR count). The Hall–Kier alpha value is -2.09. The van der Waals surface area contributed by atoms with Gasteiger partial charge in [-0.3, -0.25) is 4.79 Å². The van der Waals surface area contributed by atoms with E-state index in [0.29, 0.717) is 12.1 Å². The predicted octanol–water partition coefficient (Wildman–Crippen LogP) is 3.22. The third-order valence-electron chi connectivity index (χ3n) is 3.13. The lowest BCUT2D eigenvalue weighted by atomic mass is 10.1. The van der Waals surface area contributed by atoms with Gasteiger partial charge in [-0.15, -0.1) is 0 Å². The Kier molecular flexibility index (Phi) is 4.73. The minimum Gasteiger partial charge on any atom is -0.352 e. The third-order valence-corrected chi connectivity index (χ3v) is 3.13. The van der Waals surface area contributed by atoms with Crippen LogP contribution < -0.4 is 5.32 Å². The van der Waals surface area contributed by atoms with E-state index in [-0.39, 0.29) is 5.91 Å². The van der Waals surface area contributed by atoms with Crippen molar-refractivity contribution in [3.63, 3.8) is 0 Å². The summed E-state index contributed by atoms with van der Waals surface area (Å²) in [6, 6.07) is 17.8. The molecule has 0 aromatic heterocycles. The summed E-state index contributed by atoms with van der Waals surface area (Å²) in [6.45, 7) is 2.82. The number of benzene rings is 2. The molecule has 0 unspecified atom stereocenters. The van der Waals surface area contributed by atoms with Crippen molar-refractivity contribution in [3.05, 3.63) is 71.3 Å². The second-order valence-corrected chi connectivity index (χ2v) is 4.55. The maximum atomic E-state index is 11.8. The number of amides is 1. The molecule has 2 aromatic carbocycles.